The molecule has 0 aromatic carbocycles. The molecule has 16 heteroatoms. The van der Waals surface area contributed by atoms with Crippen LogP contribution in [0.2, 0.25) is 0 Å². The van der Waals surface area contributed by atoms with Gasteiger partial charge < -0.3 is 13.7 Å². The van der Waals surface area contributed by atoms with Gasteiger partial charge in [0.2, 0.25) is 0 Å². The molecule has 0 atom stereocenters. The van der Waals surface area contributed by atoms with Crippen LogP contribution in [0.3, 0.4) is 0 Å². The van der Waals surface area contributed by atoms with Gasteiger partial charge in [0, 0.05) is 0 Å². The summed E-state index contributed by atoms with van der Waals surface area (Å²) in [5, 5.41) is 0. The smallest absolute Gasteiger partial charge is 0.746 e. The van der Waals surface area contributed by atoms with E-state index in [1.807, 2.05) is 0 Å². The van der Waals surface area contributed by atoms with E-state index in [4.69, 9.17) is 38.9 Å². The normalized spacial score (nSPS) is 11.1. The van der Waals surface area contributed by atoms with E-state index in [9.17, 15) is 13.2 Å². The second-order valence-electron chi connectivity index (χ2n) is 2.00. The van der Waals surface area contributed by atoms with E-state index < -0.39 is 48.4 Å². The van der Waals surface area contributed by atoms with Gasteiger partial charge in [0.1, 0.15) is 30.4 Å². The van der Waals surface area contributed by atoms with Gasteiger partial charge in [0.05, 0.1) is 0 Å². The van der Waals surface area contributed by atoms with E-state index in [2.05, 4.69) is 0 Å². The maximum atomic E-state index is 10.6. The molecule has 9 nitrogen and oxygen atoms in total. The minimum atomic E-state index is -4.58. The van der Waals surface area contributed by atoms with Crippen molar-refractivity contribution in [3.8, 4) is 0 Å². The van der Waals surface area contributed by atoms with Gasteiger partial charge in [-0.15, -0.1) is 0 Å². The molecule has 0 aliphatic carbocycles. The molecule has 0 saturated carbocycles. The maximum absolute atomic E-state index is 10.6. The Hall–Kier alpha value is 0.0525. The van der Waals surface area contributed by atoms with Crippen LogP contribution in [0.4, 0.5) is 13.2 Å². The van der Waals surface area contributed by atoms with E-state index in [1.54, 1.807) is 0 Å². The van der Waals surface area contributed by atoms with Crippen molar-refractivity contribution in [1.29, 1.82) is 0 Å². The van der Waals surface area contributed by atoms with Gasteiger partial charge in [-0.3, -0.25) is 0 Å². The molecular weight excluding hydrogens is 385 g/mol. The molecule has 1 radical (unpaired) electrons. The first-order chi connectivity index (χ1) is 7.68. The second-order valence-corrected chi connectivity index (χ2v) is 6.00. The van der Waals surface area contributed by atoms with Crippen LogP contribution in [0.1, 0.15) is 0 Å². The predicted octanol–water partition coefficient (Wildman–Crippen LogP) is -1.63. The van der Waals surface area contributed by atoms with Gasteiger partial charge in [-0.25, -0.2) is 38.4 Å². The van der Waals surface area contributed by atoms with Crippen molar-refractivity contribution in [2.24, 2.45) is 0 Å². The van der Waals surface area contributed by atoms with Crippen molar-refractivity contribution in [2.45, 2.75) is 0 Å². The second kappa shape index (κ2) is 11.8. The molecule has 0 rings (SSSR count). The Kier molecular flexibility index (Phi) is 17.1. The molecule has 0 aliphatic rings. The summed E-state index contributed by atoms with van der Waals surface area (Å²) >= 11 is 0. The predicted molar refractivity (Wildman–Crippen MR) is 47.0 cm³/mol. The van der Waals surface area contributed by atoms with E-state index >= 15 is 0 Å². The molecule has 19 heavy (non-hydrogen) atoms. The van der Waals surface area contributed by atoms with Crippen LogP contribution in [0.5, 0.6) is 0 Å². The molecular formula is C3H6CrF3O9S3. The number of rotatable bonds is 3. The molecule has 0 amide bonds. The van der Waals surface area contributed by atoms with Gasteiger partial charge in [-0.2, -0.15) is 0 Å². The molecule has 117 valence electrons. The van der Waals surface area contributed by atoms with Crippen molar-refractivity contribution in [1.82, 2.24) is 0 Å². The van der Waals surface area contributed by atoms with Gasteiger partial charge in [-0.05, 0) is 0 Å². The molecule has 0 aromatic heterocycles. The molecule has 0 unspecified atom stereocenters. The van der Waals surface area contributed by atoms with Gasteiger partial charge >= 0.3 is 17.4 Å². The zero-order valence-electron chi connectivity index (χ0n) is 8.56. The zero-order chi connectivity index (χ0) is 15.6. The molecule has 0 aliphatic heterocycles. The summed E-state index contributed by atoms with van der Waals surface area (Å²) in [5.41, 5.74) is 0. The Balaban J connectivity index is -0.0000000865. The minimum Gasteiger partial charge on any atom is -0.746 e. The molecule has 0 N–H and O–H groups in total. The summed E-state index contributed by atoms with van der Waals surface area (Å²) in [7, 11) is -13.7. The van der Waals surface area contributed by atoms with Crippen LogP contribution in [0.25, 0.3) is 0 Å². The third kappa shape index (κ3) is 56.8. The van der Waals surface area contributed by atoms with Gasteiger partial charge in [-0.1, -0.05) is 0 Å². The zero-order valence-corrected chi connectivity index (χ0v) is 12.3. The van der Waals surface area contributed by atoms with Gasteiger partial charge in [0.25, 0.3) is 0 Å². The Bertz CT molecular complexity index is 420. The summed E-state index contributed by atoms with van der Waals surface area (Å²) in [6, 6.07) is -5.44. The van der Waals surface area contributed by atoms with E-state index in [-0.39, 0.29) is 17.4 Å². The molecule has 0 aromatic rings. The maximum Gasteiger partial charge on any atom is 3.00 e. The van der Waals surface area contributed by atoms with Crippen LogP contribution in [-0.2, 0) is 47.7 Å². The fourth-order valence-electron chi connectivity index (χ4n) is 0. The Labute approximate surface area is 118 Å². The fourth-order valence-corrected chi connectivity index (χ4v) is 0. The summed E-state index contributed by atoms with van der Waals surface area (Å²) in [6.07, 6.45) is 0. The molecule has 0 heterocycles. The van der Waals surface area contributed by atoms with E-state index in [1.165, 1.54) is 0 Å². The number of hydrogen-bond donors (Lipinski definition) is 0. The van der Waals surface area contributed by atoms with Crippen LogP contribution in [-0.4, -0.2) is 56.9 Å². The minimum absolute atomic E-state index is 0. The van der Waals surface area contributed by atoms with Gasteiger partial charge in [0.15, 0.2) is 18.0 Å². The average Bonchev–Trinajstić information content (AvgIpc) is 2.16. The van der Waals surface area contributed by atoms with Crippen LogP contribution < -0.4 is 0 Å². The number of alkyl halides is 3. The quantitative estimate of drug-likeness (QED) is 0.512. The molecule has 0 bridgehead atoms. The Morgan fingerprint density at radius 3 is 0.632 bits per heavy atom. The Morgan fingerprint density at radius 2 is 0.632 bits per heavy atom. The van der Waals surface area contributed by atoms with Crippen molar-refractivity contribution in [3.05, 3.63) is 0 Å². The van der Waals surface area contributed by atoms with Crippen LogP contribution >= 0.6 is 0 Å². The van der Waals surface area contributed by atoms with E-state index in [0.717, 1.165) is 0 Å². The topological polar surface area (TPSA) is 172 Å². The third-order valence-electron chi connectivity index (χ3n) is 0.401. The summed E-state index contributed by atoms with van der Waals surface area (Å²) in [4.78, 5) is 0. The Morgan fingerprint density at radius 1 is 0.579 bits per heavy atom. The van der Waals surface area contributed by atoms with Crippen molar-refractivity contribution in [2.75, 3.05) is 18.0 Å². The first-order valence-electron chi connectivity index (χ1n) is 3.17. The summed E-state index contributed by atoms with van der Waals surface area (Å²) < 4.78 is 113. The molecule has 0 fully saturated rings. The first kappa shape index (κ1) is 27.4. The first-order valence-corrected chi connectivity index (χ1v) is 7.90. The van der Waals surface area contributed by atoms with Crippen LogP contribution in [0, 0.1) is 0 Å². The van der Waals surface area contributed by atoms with E-state index in [0.29, 0.717) is 0 Å². The largest absolute Gasteiger partial charge is 3.00 e. The van der Waals surface area contributed by atoms with Crippen molar-refractivity contribution < 1.29 is 69.4 Å². The van der Waals surface area contributed by atoms with Crippen molar-refractivity contribution in [3.63, 3.8) is 0 Å². The van der Waals surface area contributed by atoms with Crippen molar-refractivity contribution >= 4 is 30.4 Å². The number of hydrogen-bond acceptors (Lipinski definition) is 9. The van der Waals surface area contributed by atoms with Crippen LogP contribution in [0.15, 0.2) is 0 Å². The monoisotopic (exact) mass is 391 g/mol. The number of halogens is 3. The SMILES string of the molecule is O=S(=O)([O-])CF.O=S(=O)([O-])CF.O=S(=O)([O-])CF.[Cr+3]. The standard InChI is InChI=1S/3CH3FO3S.Cr/c3*2-1-6(3,4)5;/h3*1H2,(H,3,4,5);/q;;;+3/p-3. The summed E-state index contributed by atoms with van der Waals surface area (Å²) in [6.45, 7) is 0. The molecule has 0 spiro atoms. The third-order valence-corrected chi connectivity index (χ3v) is 1.20. The average molecular weight is 391 g/mol. The fraction of sp³-hybridized carbons (Fsp3) is 1.00. The summed E-state index contributed by atoms with van der Waals surface area (Å²) in [5.74, 6) is 0. The molecule has 0 saturated heterocycles.